The van der Waals surface area contributed by atoms with E-state index in [-0.39, 0.29) is 4.90 Å². The van der Waals surface area contributed by atoms with Gasteiger partial charge >= 0.3 is 24.2 Å². The second-order valence-corrected chi connectivity index (χ2v) is 6.33. The fraction of sp³-hybridized carbons (Fsp3) is 0.500. The molecule has 1 aromatic carbocycles. The summed E-state index contributed by atoms with van der Waals surface area (Å²) >= 11 is 0. The Bertz CT molecular complexity index is 460. The van der Waals surface area contributed by atoms with E-state index in [0.717, 1.165) is 6.26 Å². The zero-order valence-electron chi connectivity index (χ0n) is 10.6. The number of benzene rings is 1. The average molecular weight is 339 g/mol. The minimum Gasteiger partial charge on any atom is -0.203 e. The van der Waals surface area contributed by atoms with Crippen molar-refractivity contribution < 1.29 is 35.1 Å². The summed E-state index contributed by atoms with van der Waals surface area (Å²) in [5.41, 5.74) is 0. The van der Waals surface area contributed by atoms with Crippen molar-refractivity contribution >= 4 is 10.9 Å². The maximum absolute atomic E-state index is 13.4. The smallest absolute Gasteiger partial charge is 0.203 e. The molecule has 1 unspecified atom stereocenters. The molecule has 21 heavy (non-hydrogen) atoms. The molecule has 0 nitrogen and oxygen atoms in total. The first-order valence-electron chi connectivity index (χ1n) is 5.52. The van der Waals surface area contributed by atoms with Crippen molar-refractivity contribution in [1.29, 1.82) is 0 Å². The molecule has 0 saturated carbocycles. The summed E-state index contributed by atoms with van der Waals surface area (Å²) in [6.45, 7) is 0. The standard InChI is InChI=1S/C12H11F8S/c1-21(8-5-3-2-4-6-8)7-10(15,16)12(19,20)11(17,18)9(13)14/h2-6,9H,7H2,1H3/q+1. The first-order chi connectivity index (χ1) is 9.43. The van der Waals surface area contributed by atoms with Gasteiger partial charge in [0, 0.05) is 10.9 Å². The molecule has 1 rings (SSSR count). The second kappa shape index (κ2) is 6.02. The summed E-state index contributed by atoms with van der Waals surface area (Å²) in [6, 6.07) is 7.20. The Morgan fingerprint density at radius 2 is 1.43 bits per heavy atom. The van der Waals surface area contributed by atoms with Crippen LogP contribution in [-0.4, -0.2) is 36.2 Å². The Balaban J connectivity index is 3.00. The summed E-state index contributed by atoms with van der Waals surface area (Å²) in [4.78, 5) is 0.244. The molecule has 9 heteroatoms. The van der Waals surface area contributed by atoms with Crippen molar-refractivity contribution in [1.82, 2.24) is 0 Å². The van der Waals surface area contributed by atoms with Crippen LogP contribution in [0.2, 0.25) is 0 Å². The van der Waals surface area contributed by atoms with E-state index >= 15 is 0 Å². The van der Waals surface area contributed by atoms with Gasteiger partial charge in [-0.25, -0.2) is 8.78 Å². The summed E-state index contributed by atoms with van der Waals surface area (Å²) in [6.07, 6.45) is -3.73. The van der Waals surface area contributed by atoms with Crippen LogP contribution in [0.3, 0.4) is 0 Å². The maximum Gasteiger partial charge on any atom is 0.382 e. The lowest BCUT2D eigenvalue weighted by Gasteiger charge is -2.31. The van der Waals surface area contributed by atoms with Gasteiger partial charge in [0.25, 0.3) is 0 Å². The van der Waals surface area contributed by atoms with Crippen LogP contribution >= 0.6 is 0 Å². The summed E-state index contributed by atoms with van der Waals surface area (Å²) < 4.78 is 102. The van der Waals surface area contributed by atoms with Gasteiger partial charge in [0.1, 0.15) is 6.26 Å². The van der Waals surface area contributed by atoms with Crippen LogP contribution in [0, 0.1) is 0 Å². The molecule has 0 fully saturated rings. The largest absolute Gasteiger partial charge is 0.382 e. The molecule has 120 valence electrons. The lowest BCUT2D eigenvalue weighted by molar-refractivity contribution is -0.331. The topological polar surface area (TPSA) is 0 Å². The highest BCUT2D eigenvalue weighted by Gasteiger charge is 2.76. The molecule has 0 bridgehead atoms. The third-order valence-corrected chi connectivity index (χ3v) is 4.57. The van der Waals surface area contributed by atoms with Gasteiger partial charge in [-0.05, 0) is 12.1 Å². The van der Waals surface area contributed by atoms with Gasteiger partial charge in [-0.3, -0.25) is 0 Å². The fourth-order valence-corrected chi connectivity index (χ4v) is 2.99. The Kier molecular flexibility index (Phi) is 5.18. The van der Waals surface area contributed by atoms with Crippen LogP contribution in [0.4, 0.5) is 35.1 Å². The van der Waals surface area contributed by atoms with E-state index in [2.05, 4.69) is 0 Å². The van der Waals surface area contributed by atoms with E-state index in [4.69, 9.17) is 0 Å². The van der Waals surface area contributed by atoms with E-state index < -0.39 is 40.8 Å². The predicted molar refractivity (Wildman–Crippen MR) is 63.7 cm³/mol. The minimum atomic E-state index is -6.13. The first kappa shape index (κ1) is 18.1. The number of rotatable bonds is 6. The van der Waals surface area contributed by atoms with Gasteiger partial charge in [0.2, 0.25) is 0 Å². The van der Waals surface area contributed by atoms with E-state index in [1.54, 1.807) is 6.07 Å². The van der Waals surface area contributed by atoms with Crippen LogP contribution in [-0.2, 0) is 10.9 Å². The van der Waals surface area contributed by atoms with Crippen molar-refractivity contribution in [3.8, 4) is 0 Å². The Hall–Kier alpha value is -0.990. The Labute approximate surface area is 118 Å². The van der Waals surface area contributed by atoms with Gasteiger partial charge < -0.3 is 0 Å². The monoisotopic (exact) mass is 339 g/mol. The van der Waals surface area contributed by atoms with Crippen molar-refractivity contribution in [3.05, 3.63) is 30.3 Å². The molecule has 0 aliphatic rings. The zero-order valence-corrected chi connectivity index (χ0v) is 11.4. The van der Waals surface area contributed by atoms with Gasteiger partial charge in [-0.2, -0.15) is 26.3 Å². The lowest BCUT2D eigenvalue weighted by atomic mass is 10.1. The van der Waals surface area contributed by atoms with E-state index in [1.807, 2.05) is 0 Å². The normalized spacial score (nSPS) is 15.3. The van der Waals surface area contributed by atoms with Crippen molar-refractivity contribution in [2.45, 2.75) is 29.1 Å². The van der Waals surface area contributed by atoms with Crippen LogP contribution < -0.4 is 0 Å². The SMILES string of the molecule is C[S+](CC(F)(F)C(F)(F)C(F)(F)C(F)F)c1ccccc1. The first-order valence-corrected chi connectivity index (χ1v) is 7.33. The summed E-state index contributed by atoms with van der Waals surface area (Å²) in [7, 11) is -1.51. The van der Waals surface area contributed by atoms with Crippen molar-refractivity contribution in [2.24, 2.45) is 0 Å². The lowest BCUT2D eigenvalue weighted by Crippen LogP contribution is -2.59. The quantitative estimate of drug-likeness (QED) is 0.530. The molecule has 0 N–H and O–H groups in total. The molecule has 0 saturated heterocycles. The van der Waals surface area contributed by atoms with Gasteiger partial charge in [0.05, 0.1) is 0 Å². The van der Waals surface area contributed by atoms with E-state index in [1.165, 1.54) is 24.3 Å². The minimum absolute atomic E-state index is 0.244. The molecular weight excluding hydrogens is 328 g/mol. The number of hydrogen-bond acceptors (Lipinski definition) is 0. The summed E-state index contributed by atoms with van der Waals surface area (Å²) in [5.74, 6) is -19.1. The molecule has 0 spiro atoms. The molecular formula is C12H11F8S+. The van der Waals surface area contributed by atoms with Crippen LogP contribution in [0.25, 0.3) is 0 Å². The number of hydrogen-bond donors (Lipinski definition) is 0. The van der Waals surface area contributed by atoms with Crippen LogP contribution in [0.1, 0.15) is 0 Å². The highest BCUT2D eigenvalue weighted by molar-refractivity contribution is 7.96. The summed E-state index contributed by atoms with van der Waals surface area (Å²) in [5, 5.41) is 0. The van der Waals surface area contributed by atoms with Crippen LogP contribution in [0.5, 0.6) is 0 Å². The van der Waals surface area contributed by atoms with Crippen LogP contribution in [0.15, 0.2) is 35.2 Å². The van der Waals surface area contributed by atoms with Gasteiger partial charge in [-0.1, -0.05) is 18.2 Å². The van der Waals surface area contributed by atoms with Crippen molar-refractivity contribution in [3.63, 3.8) is 0 Å². The third kappa shape index (κ3) is 3.44. The molecule has 1 aromatic rings. The number of alkyl halides is 8. The Morgan fingerprint density at radius 1 is 0.952 bits per heavy atom. The molecule has 0 amide bonds. The highest BCUT2D eigenvalue weighted by Crippen LogP contribution is 2.49. The van der Waals surface area contributed by atoms with E-state index in [0.29, 0.717) is 0 Å². The molecule has 1 atom stereocenters. The second-order valence-electron chi connectivity index (χ2n) is 4.30. The van der Waals surface area contributed by atoms with E-state index in [9.17, 15) is 35.1 Å². The molecule has 0 aliphatic heterocycles. The zero-order chi connectivity index (χ0) is 16.5. The molecule has 0 radical (unpaired) electrons. The highest BCUT2D eigenvalue weighted by atomic mass is 32.2. The van der Waals surface area contributed by atoms with Gasteiger partial charge in [-0.15, -0.1) is 0 Å². The van der Waals surface area contributed by atoms with Crippen molar-refractivity contribution in [2.75, 3.05) is 12.0 Å². The number of halogens is 8. The fourth-order valence-electron chi connectivity index (χ4n) is 1.48. The molecule has 0 heterocycles. The average Bonchev–Trinajstić information content (AvgIpc) is 2.38. The predicted octanol–water partition coefficient (Wildman–Crippen LogP) is 4.46. The maximum atomic E-state index is 13.4. The molecule has 0 aromatic heterocycles. The molecule has 0 aliphatic carbocycles. The Morgan fingerprint density at radius 3 is 1.86 bits per heavy atom. The third-order valence-electron chi connectivity index (χ3n) is 2.70. The van der Waals surface area contributed by atoms with Gasteiger partial charge in [0.15, 0.2) is 10.6 Å².